The third-order valence-corrected chi connectivity index (χ3v) is 3.28. The van der Waals surface area contributed by atoms with Crippen LogP contribution in [0.3, 0.4) is 0 Å². The van der Waals surface area contributed by atoms with E-state index in [9.17, 15) is 26.7 Å². The second kappa shape index (κ2) is 13.1. The van der Waals surface area contributed by atoms with Crippen molar-refractivity contribution in [2.45, 2.75) is 64.5 Å². The van der Waals surface area contributed by atoms with Crippen LogP contribution >= 0.6 is 0 Å². The molecule has 0 saturated carbocycles. The van der Waals surface area contributed by atoms with Crippen molar-refractivity contribution in [3.8, 4) is 0 Å². The molecule has 0 aliphatic rings. The highest BCUT2D eigenvalue weighted by molar-refractivity contribution is 5.90. The van der Waals surface area contributed by atoms with E-state index in [0.717, 1.165) is 19.3 Å². The van der Waals surface area contributed by atoms with Crippen LogP contribution in [0.5, 0.6) is 0 Å². The molecule has 0 atom stereocenters. The van der Waals surface area contributed by atoms with Gasteiger partial charge >= 0.3 is 12.1 Å². The molecule has 0 aromatic carbocycles. The first kappa shape index (κ1) is 22.8. The number of esters is 1. The molecule has 0 saturated heterocycles. The Hall–Kier alpha value is -1.18. The van der Waals surface area contributed by atoms with E-state index in [1.165, 1.54) is 32.1 Å². The summed E-state index contributed by atoms with van der Waals surface area (Å²) in [5.74, 6) is -2.09. The Bertz CT molecular complexity index is 376. The molecule has 0 spiro atoms. The van der Waals surface area contributed by atoms with E-state index in [-0.39, 0.29) is 6.61 Å². The number of unbranched alkanes of at least 4 members (excludes halogenated alkanes) is 7. The van der Waals surface area contributed by atoms with Crippen molar-refractivity contribution in [3.05, 3.63) is 11.7 Å². The van der Waals surface area contributed by atoms with Crippen LogP contribution in [0.1, 0.15) is 58.3 Å². The van der Waals surface area contributed by atoms with Gasteiger partial charge in [0.15, 0.2) is 0 Å². The Balaban J connectivity index is 3.63. The number of rotatable bonds is 13. The average Bonchev–Trinajstić information content (AvgIpc) is 2.46. The SMILES string of the molecule is CCCCCCCCCCOCCOC(=O)C(=C(F)F)C(F)(F)F. The summed E-state index contributed by atoms with van der Waals surface area (Å²) in [5, 5.41) is 0. The highest BCUT2D eigenvalue weighted by atomic mass is 19.4. The summed E-state index contributed by atoms with van der Waals surface area (Å²) in [6.45, 7) is 1.93. The molecule has 0 unspecified atom stereocenters. The number of hydrogen-bond donors (Lipinski definition) is 0. The molecular formula is C16H25F5O3. The zero-order chi connectivity index (χ0) is 18.4. The monoisotopic (exact) mass is 360 g/mol. The van der Waals surface area contributed by atoms with E-state index in [2.05, 4.69) is 11.7 Å². The summed E-state index contributed by atoms with van der Waals surface area (Å²) in [6.07, 6.45) is 0.416. The van der Waals surface area contributed by atoms with Crippen molar-refractivity contribution in [3.63, 3.8) is 0 Å². The van der Waals surface area contributed by atoms with Crippen LogP contribution in [0.4, 0.5) is 22.0 Å². The van der Waals surface area contributed by atoms with Crippen molar-refractivity contribution in [2.75, 3.05) is 19.8 Å². The van der Waals surface area contributed by atoms with Crippen molar-refractivity contribution < 1.29 is 36.2 Å². The lowest BCUT2D eigenvalue weighted by atomic mass is 10.1. The fourth-order valence-corrected chi connectivity index (χ4v) is 2.01. The average molecular weight is 360 g/mol. The van der Waals surface area contributed by atoms with Gasteiger partial charge in [0.2, 0.25) is 5.57 Å². The predicted molar refractivity (Wildman–Crippen MR) is 79.7 cm³/mol. The summed E-state index contributed by atoms with van der Waals surface area (Å²) in [7, 11) is 0. The Morgan fingerprint density at radius 2 is 1.38 bits per heavy atom. The fraction of sp³-hybridized carbons (Fsp3) is 0.812. The van der Waals surface area contributed by atoms with Gasteiger partial charge in [0, 0.05) is 6.61 Å². The molecule has 0 amide bonds. The summed E-state index contributed by atoms with van der Waals surface area (Å²) >= 11 is 0. The van der Waals surface area contributed by atoms with Crippen LogP contribution in [0.25, 0.3) is 0 Å². The molecule has 142 valence electrons. The van der Waals surface area contributed by atoms with Gasteiger partial charge in [-0.3, -0.25) is 0 Å². The predicted octanol–water partition coefficient (Wildman–Crippen LogP) is 5.40. The van der Waals surface area contributed by atoms with Gasteiger partial charge in [-0.25, -0.2) is 4.79 Å². The molecule has 0 bridgehead atoms. The maximum Gasteiger partial charge on any atom is 0.428 e. The Labute approximate surface area is 139 Å². The minimum Gasteiger partial charge on any atom is -0.459 e. The molecule has 0 radical (unpaired) electrons. The lowest BCUT2D eigenvalue weighted by Crippen LogP contribution is -2.24. The number of hydrogen-bond acceptors (Lipinski definition) is 3. The van der Waals surface area contributed by atoms with E-state index in [1.54, 1.807) is 0 Å². The normalized spacial score (nSPS) is 11.4. The highest BCUT2D eigenvalue weighted by Gasteiger charge is 2.44. The number of carbonyl (C=O) groups is 1. The van der Waals surface area contributed by atoms with Crippen LogP contribution in [0.15, 0.2) is 11.7 Å². The second-order valence-electron chi connectivity index (χ2n) is 5.36. The summed E-state index contributed by atoms with van der Waals surface area (Å²) < 4.78 is 70.1. The summed E-state index contributed by atoms with van der Waals surface area (Å²) in [4.78, 5) is 11.0. The smallest absolute Gasteiger partial charge is 0.428 e. The maximum atomic E-state index is 12.2. The van der Waals surface area contributed by atoms with Gasteiger partial charge in [-0.2, -0.15) is 22.0 Å². The van der Waals surface area contributed by atoms with Crippen LogP contribution in [0, 0.1) is 0 Å². The van der Waals surface area contributed by atoms with Crippen molar-refractivity contribution in [1.29, 1.82) is 0 Å². The molecule has 8 heteroatoms. The quantitative estimate of drug-likeness (QED) is 0.191. The van der Waals surface area contributed by atoms with E-state index < -0.39 is 30.4 Å². The molecule has 0 aliphatic heterocycles. The zero-order valence-corrected chi connectivity index (χ0v) is 13.9. The number of carbonyl (C=O) groups excluding carboxylic acids is 1. The van der Waals surface area contributed by atoms with E-state index in [0.29, 0.717) is 6.61 Å². The van der Waals surface area contributed by atoms with Gasteiger partial charge in [-0.1, -0.05) is 51.9 Å². The van der Waals surface area contributed by atoms with Gasteiger partial charge in [0.25, 0.3) is 6.08 Å². The van der Waals surface area contributed by atoms with E-state index in [4.69, 9.17) is 4.74 Å². The number of alkyl halides is 3. The fourth-order valence-electron chi connectivity index (χ4n) is 2.01. The van der Waals surface area contributed by atoms with Crippen LogP contribution in [-0.2, 0) is 14.3 Å². The molecule has 0 aliphatic carbocycles. The molecule has 0 heterocycles. The van der Waals surface area contributed by atoms with Crippen LogP contribution in [-0.4, -0.2) is 32.0 Å². The molecule has 0 fully saturated rings. The first-order valence-corrected chi connectivity index (χ1v) is 8.18. The van der Waals surface area contributed by atoms with Gasteiger partial charge in [-0.05, 0) is 6.42 Å². The highest BCUT2D eigenvalue weighted by Crippen LogP contribution is 2.30. The third-order valence-electron chi connectivity index (χ3n) is 3.28. The Kier molecular flexibility index (Phi) is 12.5. The molecule has 0 aromatic rings. The van der Waals surface area contributed by atoms with Gasteiger partial charge < -0.3 is 9.47 Å². The largest absolute Gasteiger partial charge is 0.459 e. The van der Waals surface area contributed by atoms with Gasteiger partial charge in [-0.15, -0.1) is 0 Å². The van der Waals surface area contributed by atoms with Gasteiger partial charge in [0.1, 0.15) is 6.61 Å². The minimum atomic E-state index is -5.44. The summed E-state index contributed by atoms with van der Waals surface area (Å²) in [5.41, 5.74) is -2.56. The lowest BCUT2D eigenvalue weighted by Gasteiger charge is -2.10. The number of halogens is 5. The number of ether oxygens (including phenoxy) is 2. The van der Waals surface area contributed by atoms with Crippen molar-refractivity contribution in [2.24, 2.45) is 0 Å². The first-order chi connectivity index (χ1) is 11.3. The van der Waals surface area contributed by atoms with Crippen molar-refractivity contribution in [1.82, 2.24) is 0 Å². The molecule has 24 heavy (non-hydrogen) atoms. The molecule has 0 N–H and O–H groups in total. The topological polar surface area (TPSA) is 35.5 Å². The Morgan fingerprint density at radius 1 is 0.833 bits per heavy atom. The summed E-state index contributed by atoms with van der Waals surface area (Å²) in [6, 6.07) is 0. The second-order valence-corrected chi connectivity index (χ2v) is 5.36. The van der Waals surface area contributed by atoms with E-state index in [1.807, 2.05) is 0 Å². The standard InChI is InChI=1S/C16H25F5O3/c1-2-3-4-5-6-7-8-9-10-23-11-12-24-15(22)13(14(17)18)16(19,20)21/h2-12H2,1H3. The molecule has 0 rings (SSSR count). The van der Waals surface area contributed by atoms with Gasteiger partial charge in [0.05, 0.1) is 6.61 Å². The minimum absolute atomic E-state index is 0.124. The van der Waals surface area contributed by atoms with Crippen LogP contribution in [0.2, 0.25) is 0 Å². The Morgan fingerprint density at radius 3 is 1.88 bits per heavy atom. The first-order valence-electron chi connectivity index (χ1n) is 8.18. The van der Waals surface area contributed by atoms with Crippen LogP contribution < -0.4 is 0 Å². The molecular weight excluding hydrogens is 335 g/mol. The lowest BCUT2D eigenvalue weighted by molar-refractivity contribution is -0.153. The zero-order valence-electron chi connectivity index (χ0n) is 13.9. The molecule has 3 nitrogen and oxygen atoms in total. The van der Waals surface area contributed by atoms with Crippen molar-refractivity contribution >= 4 is 5.97 Å². The van der Waals surface area contributed by atoms with E-state index >= 15 is 0 Å². The third kappa shape index (κ3) is 11.4. The molecule has 0 aromatic heterocycles. The maximum absolute atomic E-state index is 12.2.